The smallest absolute Gasteiger partial charge is 0.133 e. The number of rotatable bonds is 7. The van der Waals surface area contributed by atoms with Crippen molar-refractivity contribution in [1.29, 1.82) is 0 Å². The highest BCUT2D eigenvalue weighted by Gasteiger charge is 2.06. The topological polar surface area (TPSA) is 29.0 Å². The van der Waals surface area contributed by atoms with E-state index in [4.69, 9.17) is 0 Å². The van der Waals surface area contributed by atoms with Crippen LogP contribution in [0.2, 0.25) is 0 Å². The molecule has 0 aliphatic carbocycles. The molecule has 0 unspecified atom stereocenters. The highest BCUT2D eigenvalue weighted by molar-refractivity contribution is 9.10. The van der Waals surface area contributed by atoms with Crippen LogP contribution >= 0.6 is 15.9 Å². The fourth-order valence-electron chi connectivity index (χ4n) is 1.70. The van der Waals surface area contributed by atoms with Crippen molar-refractivity contribution in [1.82, 2.24) is 9.97 Å². The van der Waals surface area contributed by atoms with Crippen LogP contribution in [0.25, 0.3) is 0 Å². The Morgan fingerprint density at radius 2 is 1.94 bits per heavy atom. The summed E-state index contributed by atoms with van der Waals surface area (Å²) >= 11 is 3.46. The molecule has 1 rings (SSSR count). The predicted octanol–water partition coefficient (Wildman–Crippen LogP) is 3.82. The zero-order valence-electron chi connectivity index (χ0n) is 11.0. The van der Waals surface area contributed by atoms with E-state index in [9.17, 15) is 0 Å². The molecule has 0 fully saturated rings. The van der Waals surface area contributed by atoms with Crippen LogP contribution in [0.15, 0.2) is 10.7 Å². The van der Waals surface area contributed by atoms with E-state index in [0.29, 0.717) is 0 Å². The van der Waals surface area contributed by atoms with Crippen LogP contribution in [0.4, 0.5) is 5.82 Å². The van der Waals surface area contributed by atoms with E-state index in [-0.39, 0.29) is 0 Å². The van der Waals surface area contributed by atoms with Crippen molar-refractivity contribution < 1.29 is 0 Å². The normalized spacial score (nSPS) is 10.6. The van der Waals surface area contributed by atoms with Crippen LogP contribution in [0.1, 0.15) is 45.4 Å². The molecule has 0 aliphatic rings. The van der Waals surface area contributed by atoms with Crippen molar-refractivity contribution >= 4 is 21.7 Å². The largest absolute Gasteiger partial charge is 0.360 e. The van der Waals surface area contributed by atoms with E-state index < -0.39 is 0 Å². The quantitative estimate of drug-likeness (QED) is 0.566. The third-order valence-electron chi connectivity index (χ3n) is 2.69. The van der Waals surface area contributed by atoms with Crippen LogP contribution in [0.5, 0.6) is 0 Å². The second kappa shape index (κ2) is 7.64. The van der Waals surface area contributed by atoms with Crippen molar-refractivity contribution in [2.45, 2.75) is 46.0 Å². The van der Waals surface area contributed by atoms with Gasteiger partial charge < -0.3 is 4.90 Å². The Balaban J connectivity index is 2.67. The molecule has 3 nitrogen and oxygen atoms in total. The minimum atomic E-state index is 0.883. The maximum Gasteiger partial charge on any atom is 0.133 e. The summed E-state index contributed by atoms with van der Waals surface area (Å²) in [5.41, 5.74) is 0. The van der Waals surface area contributed by atoms with Gasteiger partial charge in [0.05, 0.1) is 0 Å². The van der Waals surface area contributed by atoms with Crippen LogP contribution < -0.4 is 4.90 Å². The van der Waals surface area contributed by atoms with E-state index in [1.54, 1.807) is 0 Å². The highest BCUT2D eigenvalue weighted by Crippen LogP contribution is 2.16. The summed E-state index contributed by atoms with van der Waals surface area (Å²) in [5.74, 6) is 1.95. The van der Waals surface area contributed by atoms with Gasteiger partial charge in [-0.3, -0.25) is 0 Å². The van der Waals surface area contributed by atoms with Gasteiger partial charge in [0, 0.05) is 26.1 Å². The summed E-state index contributed by atoms with van der Waals surface area (Å²) < 4.78 is 0.883. The van der Waals surface area contributed by atoms with Gasteiger partial charge in [-0.15, -0.1) is 0 Å². The third-order valence-corrected chi connectivity index (χ3v) is 3.10. The Labute approximate surface area is 113 Å². The third kappa shape index (κ3) is 5.02. The Hall–Kier alpha value is -0.640. The Bertz CT molecular complexity index is 341. The van der Waals surface area contributed by atoms with Crippen molar-refractivity contribution in [2.75, 3.05) is 18.5 Å². The van der Waals surface area contributed by atoms with E-state index in [0.717, 1.165) is 35.6 Å². The fraction of sp³-hybridized carbons (Fsp3) is 0.692. The monoisotopic (exact) mass is 299 g/mol. The summed E-state index contributed by atoms with van der Waals surface area (Å²) in [7, 11) is 2.10. The fourth-order valence-corrected chi connectivity index (χ4v) is 2.11. The first-order chi connectivity index (χ1) is 8.17. The van der Waals surface area contributed by atoms with Gasteiger partial charge in [0.1, 0.15) is 16.2 Å². The number of aromatic nitrogens is 2. The summed E-state index contributed by atoms with van der Waals surface area (Å²) in [6.07, 6.45) is 5.77. The van der Waals surface area contributed by atoms with E-state index >= 15 is 0 Å². The lowest BCUT2D eigenvalue weighted by atomic mass is 10.2. The van der Waals surface area contributed by atoms with Gasteiger partial charge in [-0.05, 0) is 28.8 Å². The van der Waals surface area contributed by atoms with Gasteiger partial charge in [0.15, 0.2) is 0 Å². The number of hydrogen-bond acceptors (Lipinski definition) is 3. The Kier molecular flexibility index (Phi) is 6.48. The maximum atomic E-state index is 4.59. The van der Waals surface area contributed by atoms with Gasteiger partial charge in [0.25, 0.3) is 0 Å². The molecule has 0 bridgehead atoms. The zero-order chi connectivity index (χ0) is 12.7. The molecule has 4 heteroatoms. The minimum Gasteiger partial charge on any atom is -0.360 e. The Morgan fingerprint density at radius 1 is 1.18 bits per heavy atom. The first kappa shape index (κ1) is 14.4. The molecule has 0 N–H and O–H groups in total. The van der Waals surface area contributed by atoms with Gasteiger partial charge in [-0.1, -0.05) is 26.7 Å². The summed E-state index contributed by atoms with van der Waals surface area (Å²) in [4.78, 5) is 11.2. The summed E-state index contributed by atoms with van der Waals surface area (Å²) in [6, 6.07) is 1.99. The van der Waals surface area contributed by atoms with Gasteiger partial charge in [-0.2, -0.15) is 0 Å². The second-order valence-electron chi connectivity index (χ2n) is 4.34. The van der Waals surface area contributed by atoms with Crippen LogP contribution in [0, 0.1) is 0 Å². The molecule has 1 aromatic rings. The number of hydrogen-bond donors (Lipinski definition) is 0. The molecule has 0 saturated heterocycles. The highest BCUT2D eigenvalue weighted by atomic mass is 79.9. The number of aryl methyl sites for hydroxylation is 1. The predicted molar refractivity (Wildman–Crippen MR) is 76.5 cm³/mol. The average molecular weight is 300 g/mol. The molecule has 1 heterocycles. The lowest BCUT2D eigenvalue weighted by Gasteiger charge is -2.18. The first-order valence-corrected chi connectivity index (χ1v) is 7.21. The van der Waals surface area contributed by atoms with E-state index in [1.165, 1.54) is 19.3 Å². The van der Waals surface area contributed by atoms with Crippen LogP contribution in [0.3, 0.4) is 0 Å². The number of anilines is 1. The molecule has 1 aromatic heterocycles. The number of unbranched alkanes of at least 4 members (excludes halogenated alkanes) is 2. The zero-order valence-corrected chi connectivity index (χ0v) is 12.6. The molecule has 96 valence electrons. The number of halogens is 1. The minimum absolute atomic E-state index is 0.883. The van der Waals surface area contributed by atoms with Crippen LogP contribution in [-0.4, -0.2) is 23.6 Å². The first-order valence-electron chi connectivity index (χ1n) is 6.42. The molecule has 0 spiro atoms. The maximum absolute atomic E-state index is 4.59. The Morgan fingerprint density at radius 3 is 2.59 bits per heavy atom. The second-order valence-corrected chi connectivity index (χ2v) is 5.16. The lowest BCUT2D eigenvalue weighted by molar-refractivity contribution is 0.697. The van der Waals surface area contributed by atoms with Crippen molar-refractivity contribution in [3.8, 4) is 0 Å². The summed E-state index contributed by atoms with van der Waals surface area (Å²) in [5, 5.41) is 0. The molecule has 0 saturated carbocycles. The molecule has 0 radical (unpaired) electrons. The van der Waals surface area contributed by atoms with E-state index in [2.05, 4.69) is 51.7 Å². The van der Waals surface area contributed by atoms with Gasteiger partial charge >= 0.3 is 0 Å². The number of nitrogens with zero attached hydrogens (tertiary/aromatic N) is 3. The SMILES string of the molecule is CCCCCN(C)c1cc(Br)nc(CCC)n1. The molecule has 0 aliphatic heterocycles. The summed E-state index contributed by atoms with van der Waals surface area (Å²) in [6.45, 7) is 5.43. The molecular weight excluding hydrogens is 278 g/mol. The van der Waals surface area contributed by atoms with Crippen molar-refractivity contribution in [2.24, 2.45) is 0 Å². The molecule has 0 atom stereocenters. The van der Waals surface area contributed by atoms with Gasteiger partial charge in [-0.25, -0.2) is 9.97 Å². The molecule has 0 aromatic carbocycles. The van der Waals surface area contributed by atoms with Crippen molar-refractivity contribution in [3.05, 3.63) is 16.5 Å². The molecular formula is C13H22BrN3. The standard InChI is InChI=1S/C13H22BrN3/c1-4-6-7-9-17(3)13-10-11(14)15-12(16-13)8-5-2/h10H,4-9H2,1-3H3. The lowest BCUT2D eigenvalue weighted by Crippen LogP contribution is -2.20. The van der Waals surface area contributed by atoms with Crippen LogP contribution in [-0.2, 0) is 6.42 Å². The van der Waals surface area contributed by atoms with Crippen molar-refractivity contribution in [3.63, 3.8) is 0 Å². The van der Waals surface area contributed by atoms with Gasteiger partial charge in [0.2, 0.25) is 0 Å². The average Bonchev–Trinajstić information content (AvgIpc) is 2.29. The molecule has 17 heavy (non-hydrogen) atoms. The van der Waals surface area contributed by atoms with E-state index in [1.807, 2.05) is 6.07 Å². The molecule has 0 amide bonds.